The van der Waals surface area contributed by atoms with Crippen LogP contribution in [-0.2, 0) is 0 Å². The van der Waals surface area contributed by atoms with E-state index < -0.39 is 0 Å². The quantitative estimate of drug-likeness (QED) is 0.704. The third-order valence-electron chi connectivity index (χ3n) is 5.99. The number of nitrogens with two attached hydrogens (primary N) is 1. The van der Waals surface area contributed by atoms with Crippen LogP contribution >= 0.6 is 0 Å². The van der Waals surface area contributed by atoms with Gasteiger partial charge in [-0.1, -0.05) is 13.0 Å². The molecule has 0 bridgehead atoms. The minimum absolute atomic E-state index is 0.191. The topological polar surface area (TPSA) is 87.7 Å². The fraction of sp³-hybridized carbons (Fsp3) is 0.591. The van der Waals surface area contributed by atoms with Crippen LogP contribution in [0.2, 0.25) is 0 Å². The molecule has 2 fully saturated rings. The molecule has 4 N–H and O–H groups in total. The molecule has 0 aromatic carbocycles. The number of nitrogens with one attached hydrogen (secondary N) is 2. The largest absolute Gasteiger partial charge is 0.384 e. The summed E-state index contributed by atoms with van der Waals surface area (Å²) in [5, 5.41) is 7.02. The fourth-order valence-electron chi connectivity index (χ4n) is 3.74. The van der Waals surface area contributed by atoms with Crippen LogP contribution in [0.4, 0.5) is 5.82 Å². The summed E-state index contributed by atoms with van der Waals surface area (Å²) in [7, 11) is 0. The lowest BCUT2D eigenvalue weighted by molar-refractivity contribution is 0.636. The van der Waals surface area contributed by atoms with Gasteiger partial charge in [0.1, 0.15) is 11.7 Å². The second-order valence-electron chi connectivity index (χ2n) is 8.44. The first kappa shape index (κ1) is 19.0. The Hall–Kier alpha value is -2.37. The molecule has 3 unspecified atom stereocenters. The Morgan fingerprint density at radius 1 is 1.07 bits per heavy atom. The highest BCUT2D eigenvalue weighted by Gasteiger charge is 2.31. The zero-order valence-corrected chi connectivity index (χ0v) is 17.2. The molecule has 150 valence electrons. The molecule has 3 atom stereocenters. The number of guanidine groups is 1. The monoisotopic (exact) mass is 380 g/mol. The minimum Gasteiger partial charge on any atom is -0.384 e. The number of rotatable bonds is 6. The summed E-state index contributed by atoms with van der Waals surface area (Å²) in [5.74, 6) is 3.92. The molecule has 2 saturated carbocycles. The number of hydrogen-bond acceptors (Lipinski definition) is 4. The Morgan fingerprint density at radius 3 is 2.36 bits per heavy atom. The molecule has 2 aliphatic carbocycles. The fourth-order valence-corrected chi connectivity index (χ4v) is 3.74. The molecular formula is C22H32N6. The van der Waals surface area contributed by atoms with Gasteiger partial charge in [0.2, 0.25) is 5.96 Å². The average Bonchev–Trinajstić information content (AvgIpc) is 3.56. The Morgan fingerprint density at radius 2 is 1.75 bits per heavy atom. The first-order chi connectivity index (χ1) is 13.5. The molecule has 0 amide bonds. The summed E-state index contributed by atoms with van der Waals surface area (Å²) in [4.78, 5) is 14.5. The standard InChI is InChI=1S/C22H32N6/c1-4-15-12-19(18-6-5-7-20(23)26-18)27-22(25-14(3)17-10-11-17)28-21(15)24-13(2)16-8-9-16/h5-7,12-17H,4,8-11H2,1-3H3,(H2,23,26)(H2,24,25,27,28). The van der Waals surface area contributed by atoms with Crippen LogP contribution in [0.5, 0.6) is 0 Å². The Kier molecular flexibility index (Phi) is 5.38. The van der Waals surface area contributed by atoms with Crippen molar-refractivity contribution in [1.82, 2.24) is 15.6 Å². The highest BCUT2D eigenvalue weighted by molar-refractivity contribution is 6.06. The van der Waals surface area contributed by atoms with Crippen molar-refractivity contribution in [3.8, 4) is 0 Å². The number of amidine groups is 1. The second kappa shape index (κ2) is 7.94. The zero-order valence-electron chi connectivity index (χ0n) is 17.2. The van der Waals surface area contributed by atoms with Gasteiger partial charge < -0.3 is 16.4 Å². The summed E-state index contributed by atoms with van der Waals surface area (Å²) in [6, 6.07) is 6.38. The van der Waals surface area contributed by atoms with Crippen LogP contribution in [0.25, 0.3) is 5.70 Å². The van der Waals surface area contributed by atoms with Crippen molar-refractivity contribution in [3.05, 3.63) is 30.0 Å². The summed E-state index contributed by atoms with van der Waals surface area (Å²) in [6.07, 6.45) is 8.31. The van der Waals surface area contributed by atoms with Gasteiger partial charge in [-0.15, -0.1) is 0 Å². The normalized spacial score (nSPS) is 27.5. The number of anilines is 1. The minimum atomic E-state index is 0.191. The molecule has 0 spiro atoms. The zero-order chi connectivity index (χ0) is 19.7. The van der Waals surface area contributed by atoms with Gasteiger partial charge in [-0.25, -0.2) is 9.98 Å². The molecule has 1 aromatic rings. The number of nitrogen functional groups attached to an aromatic ring is 1. The van der Waals surface area contributed by atoms with Gasteiger partial charge in [-0.05, 0) is 76.0 Å². The highest BCUT2D eigenvalue weighted by atomic mass is 15.2. The molecule has 3 aliphatic rings. The molecule has 28 heavy (non-hydrogen) atoms. The van der Waals surface area contributed by atoms with E-state index in [1.54, 1.807) is 0 Å². The molecular weight excluding hydrogens is 348 g/mol. The molecule has 0 saturated heterocycles. The van der Waals surface area contributed by atoms with Crippen LogP contribution in [-0.4, -0.2) is 28.9 Å². The van der Waals surface area contributed by atoms with Crippen molar-refractivity contribution in [3.63, 3.8) is 0 Å². The maximum Gasteiger partial charge on any atom is 0.201 e. The SMILES string of the molecule is CCC1C=C(c2cccc(N)n2)NC(=NC(C)C2CC2)NC1=NC(C)C1CC1. The highest BCUT2D eigenvalue weighted by Crippen LogP contribution is 2.35. The van der Waals surface area contributed by atoms with Crippen LogP contribution in [0.15, 0.2) is 34.3 Å². The Bertz CT molecular complexity index is 803. The Balaban J connectivity index is 1.69. The van der Waals surface area contributed by atoms with E-state index >= 15 is 0 Å². The second-order valence-corrected chi connectivity index (χ2v) is 8.44. The average molecular weight is 381 g/mol. The van der Waals surface area contributed by atoms with E-state index in [1.165, 1.54) is 25.7 Å². The first-order valence-corrected chi connectivity index (χ1v) is 10.7. The predicted molar refractivity (Wildman–Crippen MR) is 116 cm³/mol. The maximum atomic E-state index is 5.93. The molecule has 1 aromatic heterocycles. The number of nitrogens with zero attached hydrogens (tertiary/aromatic N) is 3. The van der Waals surface area contributed by atoms with E-state index in [0.29, 0.717) is 23.8 Å². The van der Waals surface area contributed by atoms with Crippen molar-refractivity contribution in [2.45, 2.75) is 65.0 Å². The van der Waals surface area contributed by atoms with Crippen LogP contribution in [0.3, 0.4) is 0 Å². The van der Waals surface area contributed by atoms with Gasteiger partial charge in [0, 0.05) is 5.92 Å². The predicted octanol–water partition coefficient (Wildman–Crippen LogP) is 3.58. The van der Waals surface area contributed by atoms with Gasteiger partial charge >= 0.3 is 0 Å². The van der Waals surface area contributed by atoms with Crippen LogP contribution in [0, 0.1) is 17.8 Å². The molecule has 6 heteroatoms. The Labute approximate surface area is 167 Å². The number of hydrogen-bond donors (Lipinski definition) is 3. The van der Waals surface area contributed by atoms with Crippen molar-refractivity contribution in [2.24, 2.45) is 27.7 Å². The number of pyridine rings is 1. The summed E-state index contributed by atoms with van der Waals surface area (Å²) >= 11 is 0. The van der Waals surface area contributed by atoms with Gasteiger partial charge in [0.05, 0.1) is 23.5 Å². The number of aromatic nitrogens is 1. The van der Waals surface area contributed by atoms with E-state index in [4.69, 9.17) is 15.7 Å². The molecule has 0 radical (unpaired) electrons. The summed E-state index contributed by atoms with van der Waals surface area (Å²) in [6.45, 7) is 6.62. The van der Waals surface area contributed by atoms with Crippen LogP contribution < -0.4 is 16.4 Å². The van der Waals surface area contributed by atoms with Crippen molar-refractivity contribution in [1.29, 1.82) is 0 Å². The smallest absolute Gasteiger partial charge is 0.201 e. The van der Waals surface area contributed by atoms with Crippen molar-refractivity contribution >= 4 is 23.3 Å². The third kappa shape index (κ3) is 4.54. The van der Waals surface area contributed by atoms with E-state index in [-0.39, 0.29) is 5.92 Å². The number of aliphatic imine (C=N–C) groups is 2. The van der Waals surface area contributed by atoms with E-state index in [0.717, 1.165) is 35.5 Å². The summed E-state index contributed by atoms with van der Waals surface area (Å²) in [5.41, 5.74) is 7.71. The molecule has 1 aliphatic heterocycles. The van der Waals surface area contributed by atoms with E-state index in [9.17, 15) is 0 Å². The van der Waals surface area contributed by atoms with Gasteiger partial charge in [0.25, 0.3) is 0 Å². The van der Waals surface area contributed by atoms with Gasteiger partial charge in [-0.3, -0.25) is 4.99 Å². The third-order valence-corrected chi connectivity index (χ3v) is 5.99. The van der Waals surface area contributed by atoms with Gasteiger partial charge in [0.15, 0.2) is 0 Å². The van der Waals surface area contributed by atoms with Gasteiger partial charge in [-0.2, -0.15) is 0 Å². The molecule has 4 rings (SSSR count). The lowest BCUT2D eigenvalue weighted by atomic mass is 10.0. The van der Waals surface area contributed by atoms with Crippen molar-refractivity contribution in [2.75, 3.05) is 5.73 Å². The maximum absolute atomic E-state index is 5.93. The van der Waals surface area contributed by atoms with E-state index in [1.807, 2.05) is 18.2 Å². The van der Waals surface area contributed by atoms with Crippen molar-refractivity contribution < 1.29 is 0 Å². The van der Waals surface area contributed by atoms with Crippen LogP contribution in [0.1, 0.15) is 58.6 Å². The summed E-state index contributed by atoms with van der Waals surface area (Å²) < 4.78 is 0. The molecule has 2 heterocycles. The molecule has 6 nitrogen and oxygen atoms in total. The lowest BCUT2D eigenvalue weighted by Crippen LogP contribution is -2.41. The van der Waals surface area contributed by atoms with E-state index in [2.05, 4.69) is 42.5 Å². The lowest BCUT2D eigenvalue weighted by Gasteiger charge is -2.17. The first-order valence-electron chi connectivity index (χ1n) is 10.7.